The van der Waals surface area contributed by atoms with Gasteiger partial charge >= 0.3 is 0 Å². The molecule has 3 rings (SSSR count). The van der Waals surface area contributed by atoms with E-state index in [2.05, 4.69) is 21.2 Å². The van der Waals surface area contributed by atoms with E-state index >= 15 is 0 Å². The Labute approximate surface area is 156 Å². The quantitative estimate of drug-likeness (QED) is 0.645. The third kappa shape index (κ3) is 5.40. The van der Waals surface area contributed by atoms with Crippen LogP contribution in [0.5, 0.6) is 5.75 Å². The lowest BCUT2D eigenvalue weighted by Gasteiger charge is -2.08. The molecule has 1 heterocycles. The van der Waals surface area contributed by atoms with Crippen LogP contribution in [0.3, 0.4) is 0 Å². The molecule has 1 aromatic heterocycles. The second-order valence-electron chi connectivity index (χ2n) is 5.89. The molecule has 8 nitrogen and oxygen atoms in total. The molecule has 2 amide bonds. The molecule has 0 saturated heterocycles. The smallest absolute Gasteiger partial charge is 0.291 e. The van der Waals surface area contributed by atoms with Crippen molar-refractivity contribution in [3.8, 4) is 5.75 Å². The van der Waals surface area contributed by atoms with E-state index in [0.29, 0.717) is 12.3 Å². The highest BCUT2D eigenvalue weighted by atomic mass is 16.5. The van der Waals surface area contributed by atoms with Gasteiger partial charge in [0, 0.05) is 0 Å². The van der Waals surface area contributed by atoms with Gasteiger partial charge < -0.3 is 4.74 Å². The van der Waals surface area contributed by atoms with Gasteiger partial charge in [-0.15, -0.1) is 5.10 Å². The van der Waals surface area contributed by atoms with Crippen molar-refractivity contribution in [1.29, 1.82) is 0 Å². The van der Waals surface area contributed by atoms with Crippen molar-refractivity contribution in [3.05, 3.63) is 77.6 Å². The van der Waals surface area contributed by atoms with Crippen LogP contribution in [-0.4, -0.2) is 33.4 Å². The average Bonchev–Trinajstić information content (AvgIpc) is 3.14. The molecular weight excluding hydrogens is 346 g/mol. The van der Waals surface area contributed by atoms with Gasteiger partial charge in [0.1, 0.15) is 5.75 Å². The van der Waals surface area contributed by atoms with Gasteiger partial charge in [-0.05, 0) is 30.2 Å². The number of hydrogen-bond acceptors (Lipinski definition) is 5. The Bertz CT molecular complexity index is 924. The van der Waals surface area contributed by atoms with Crippen LogP contribution in [0.2, 0.25) is 0 Å². The van der Waals surface area contributed by atoms with Crippen LogP contribution in [0.25, 0.3) is 0 Å². The maximum Gasteiger partial charge on any atom is 0.291 e. The Morgan fingerprint density at radius 1 is 1.07 bits per heavy atom. The fourth-order valence-electron chi connectivity index (χ4n) is 2.33. The van der Waals surface area contributed by atoms with Crippen molar-refractivity contribution in [2.75, 3.05) is 6.61 Å². The van der Waals surface area contributed by atoms with Crippen LogP contribution in [-0.2, 0) is 11.3 Å². The van der Waals surface area contributed by atoms with E-state index in [4.69, 9.17) is 4.74 Å². The third-order valence-corrected chi connectivity index (χ3v) is 3.63. The number of aryl methyl sites for hydroxylation is 1. The van der Waals surface area contributed by atoms with Crippen LogP contribution < -0.4 is 15.6 Å². The Balaban J connectivity index is 1.45. The molecule has 0 unspecified atom stereocenters. The largest absolute Gasteiger partial charge is 0.484 e. The Morgan fingerprint density at radius 3 is 2.67 bits per heavy atom. The van der Waals surface area contributed by atoms with E-state index in [0.717, 1.165) is 11.1 Å². The van der Waals surface area contributed by atoms with E-state index < -0.39 is 11.8 Å². The molecule has 0 fully saturated rings. The maximum absolute atomic E-state index is 12.1. The van der Waals surface area contributed by atoms with Crippen LogP contribution in [0.4, 0.5) is 0 Å². The van der Waals surface area contributed by atoms with Crippen LogP contribution in [0, 0.1) is 6.92 Å². The van der Waals surface area contributed by atoms with E-state index in [-0.39, 0.29) is 12.3 Å². The molecule has 0 aliphatic rings. The second-order valence-corrected chi connectivity index (χ2v) is 5.89. The summed E-state index contributed by atoms with van der Waals surface area (Å²) in [5.74, 6) is -0.458. The zero-order valence-electron chi connectivity index (χ0n) is 14.8. The van der Waals surface area contributed by atoms with Gasteiger partial charge in [0.05, 0.1) is 12.7 Å². The lowest BCUT2D eigenvalue weighted by Crippen LogP contribution is -2.44. The van der Waals surface area contributed by atoms with Gasteiger partial charge in [-0.3, -0.25) is 20.4 Å². The van der Waals surface area contributed by atoms with Crippen molar-refractivity contribution < 1.29 is 14.3 Å². The Kier molecular flexibility index (Phi) is 5.78. The number of amides is 2. The summed E-state index contributed by atoms with van der Waals surface area (Å²) >= 11 is 0. The number of carbonyl (C=O) groups is 2. The lowest BCUT2D eigenvalue weighted by atomic mass is 10.2. The molecule has 0 bridgehead atoms. The molecule has 8 heteroatoms. The normalized spacial score (nSPS) is 10.3. The highest BCUT2D eigenvalue weighted by molar-refractivity contribution is 5.93. The molecule has 0 atom stereocenters. The Morgan fingerprint density at radius 2 is 1.89 bits per heavy atom. The minimum Gasteiger partial charge on any atom is -0.484 e. The molecule has 0 aliphatic heterocycles. The predicted molar refractivity (Wildman–Crippen MR) is 97.8 cm³/mol. The fraction of sp³-hybridized carbons (Fsp3) is 0.158. The molecule has 0 aliphatic carbocycles. The highest BCUT2D eigenvalue weighted by Gasteiger charge is 2.12. The third-order valence-electron chi connectivity index (χ3n) is 3.63. The number of hydrazine groups is 1. The van der Waals surface area contributed by atoms with E-state index in [9.17, 15) is 9.59 Å². The molecule has 0 radical (unpaired) electrons. The average molecular weight is 365 g/mol. The summed E-state index contributed by atoms with van der Waals surface area (Å²) in [5, 5.41) is 7.72. The van der Waals surface area contributed by atoms with Crippen LogP contribution >= 0.6 is 0 Å². The van der Waals surface area contributed by atoms with Crippen LogP contribution in [0.15, 0.2) is 60.8 Å². The first kappa shape index (κ1) is 18.1. The topological polar surface area (TPSA) is 98.1 Å². The van der Waals surface area contributed by atoms with Gasteiger partial charge in [-0.2, -0.15) is 0 Å². The summed E-state index contributed by atoms with van der Waals surface area (Å²) in [4.78, 5) is 23.8. The number of benzene rings is 2. The van der Waals surface area contributed by atoms with E-state index in [1.165, 1.54) is 6.20 Å². The van der Waals surface area contributed by atoms with Gasteiger partial charge in [-0.1, -0.05) is 47.7 Å². The predicted octanol–water partition coefficient (Wildman–Crippen LogP) is 1.47. The van der Waals surface area contributed by atoms with Gasteiger partial charge in [0.2, 0.25) is 0 Å². The lowest BCUT2D eigenvalue weighted by molar-refractivity contribution is -0.123. The standard InChI is InChI=1S/C19H19N5O3/c1-14-6-5-9-16(10-14)27-13-18(25)21-22-19(26)17-12-24(23-20-17)11-15-7-3-2-4-8-15/h2-10,12H,11,13H2,1H3,(H,21,25)(H,22,26). The molecule has 3 aromatic rings. The summed E-state index contributed by atoms with van der Waals surface area (Å²) in [7, 11) is 0. The SMILES string of the molecule is Cc1cccc(OCC(=O)NNC(=O)c2cn(Cc3ccccc3)nn2)c1. The molecule has 0 spiro atoms. The summed E-state index contributed by atoms with van der Waals surface area (Å²) in [5.41, 5.74) is 6.74. The molecule has 27 heavy (non-hydrogen) atoms. The highest BCUT2D eigenvalue weighted by Crippen LogP contribution is 2.11. The number of nitrogens with one attached hydrogen (secondary N) is 2. The second kappa shape index (κ2) is 8.61. The first-order valence-corrected chi connectivity index (χ1v) is 8.33. The molecule has 138 valence electrons. The summed E-state index contributed by atoms with van der Waals surface area (Å²) in [6.45, 7) is 2.21. The zero-order valence-corrected chi connectivity index (χ0v) is 14.8. The van der Waals surface area contributed by atoms with Crippen LogP contribution in [0.1, 0.15) is 21.6 Å². The van der Waals surface area contributed by atoms with Crippen molar-refractivity contribution in [3.63, 3.8) is 0 Å². The number of hydrogen-bond donors (Lipinski definition) is 2. The summed E-state index contributed by atoms with van der Waals surface area (Å²) in [6.07, 6.45) is 1.51. The maximum atomic E-state index is 12.1. The molecule has 0 saturated carbocycles. The number of nitrogens with zero attached hydrogens (tertiary/aromatic N) is 3. The minimum atomic E-state index is -0.557. The number of carbonyl (C=O) groups excluding carboxylic acids is 2. The van der Waals surface area contributed by atoms with Gasteiger partial charge in [-0.25, -0.2) is 4.68 Å². The molecular formula is C19H19N5O3. The van der Waals surface area contributed by atoms with Gasteiger partial charge in [0.15, 0.2) is 12.3 Å². The van der Waals surface area contributed by atoms with Gasteiger partial charge in [0.25, 0.3) is 11.8 Å². The van der Waals surface area contributed by atoms with E-state index in [1.54, 1.807) is 10.7 Å². The molecule has 2 aromatic carbocycles. The minimum absolute atomic E-state index is 0.103. The first-order chi connectivity index (χ1) is 13.1. The van der Waals surface area contributed by atoms with Crippen molar-refractivity contribution in [1.82, 2.24) is 25.8 Å². The van der Waals surface area contributed by atoms with Crippen molar-refractivity contribution in [2.45, 2.75) is 13.5 Å². The fourth-order valence-corrected chi connectivity index (χ4v) is 2.33. The van der Waals surface area contributed by atoms with Crippen molar-refractivity contribution in [2.24, 2.45) is 0 Å². The van der Waals surface area contributed by atoms with E-state index in [1.807, 2.05) is 55.5 Å². The first-order valence-electron chi connectivity index (χ1n) is 8.33. The number of ether oxygens (including phenoxy) is 1. The Hall–Kier alpha value is -3.68. The summed E-state index contributed by atoms with van der Waals surface area (Å²) in [6, 6.07) is 17.0. The zero-order chi connectivity index (χ0) is 19.1. The summed E-state index contributed by atoms with van der Waals surface area (Å²) < 4.78 is 6.91. The molecule has 2 N–H and O–H groups in total. The number of aromatic nitrogens is 3. The monoisotopic (exact) mass is 365 g/mol. The number of rotatable bonds is 6. The van der Waals surface area contributed by atoms with Crippen molar-refractivity contribution >= 4 is 11.8 Å².